The third-order valence-corrected chi connectivity index (χ3v) is 5.72. The topological polar surface area (TPSA) is 78.0 Å². The Bertz CT molecular complexity index is 1250. The summed E-state index contributed by atoms with van der Waals surface area (Å²) in [6.45, 7) is 6.35. The molecule has 4 rings (SSSR count). The van der Waals surface area contributed by atoms with Gasteiger partial charge in [-0.3, -0.25) is 14.3 Å². The van der Waals surface area contributed by atoms with Crippen LogP contribution in [0.15, 0.2) is 35.5 Å². The van der Waals surface area contributed by atoms with Crippen molar-refractivity contribution in [3.8, 4) is 5.69 Å². The van der Waals surface area contributed by atoms with Gasteiger partial charge in [0.15, 0.2) is 0 Å². The van der Waals surface area contributed by atoms with E-state index in [1.807, 2.05) is 6.92 Å². The maximum absolute atomic E-state index is 13.2. The van der Waals surface area contributed by atoms with E-state index in [0.29, 0.717) is 17.1 Å². The lowest BCUT2D eigenvalue weighted by Gasteiger charge is -2.35. The van der Waals surface area contributed by atoms with E-state index >= 15 is 0 Å². The Labute approximate surface area is 188 Å². The highest BCUT2D eigenvalue weighted by molar-refractivity contribution is 5.93. The van der Waals surface area contributed by atoms with Crippen LogP contribution in [-0.2, 0) is 19.6 Å². The highest BCUT2D eigenvalue weighted by Gasteiger charge is 2.33. The first kappa shape index (κ1) is 22.8. The molecular weight excluding hydrogens is 437 g/mol. The number of alkyl halides is 3. The van der Waals surface area contributed by atoms with Crippen molar-refractivity contribution in [3.05, 3.63) is 63.9 Å². The van der Waals surface area contributed by atoms with Crippen molar-refractivity contribution in [3.63, 3.8) is 0 Å². The highest BCUT2D eigenvalue weighted by atomic mass is 19.4. The minimum atomic E-state index is -4.40. The summed E-state index contributed by atoms with van der Waals surface area (Å²) >= 11 is 0. The standard InChI is InChI=1S/C22H25F3N6O2/c1-13(2)19-7-16(27-31(19)11-22(23,24)25)10-29-15(4)9-30-18(21(29)33)6-5-17(20(30)32)28-8-14(3)26-12-28/h5-8,12-13,15H,9-11H2,1-4H3/t15-/m1/s1. The zero-order valence-electron chi connectivity index (χ0n) is 18.8. The number of aromatic nitrogens is 5. The number of carbonyl (C=O) groups excluding carboxylic acids is 1. The van der Waals surface area contributed by atoms with Gasteiger partial charge in [-0.05, 0) is 38.0 Å². The first-order valence-electron chi connectivity index (χ1n) is 10.6. The van der Waals surface area contributed by atoms with Crippen molar-refractivity contribution < 1.29 is 18.0 Å². The van der Waals surface area contributed by atoms with Crippen molar-refractivity contribution >= 4 is 5.91 Å². The minimum Gasteiger partial charge on any atom is -0.327 e. The van der Waals surface area contributed by atoms with E-state index in [4.69, 9.17) is 0 Å². The van der Waals surface area contributed by atoms with Crippen LogP contribution in [0, 0.1) is 6.92 Å². The van der Waals surface area contributed by atoms with Crippen molar-refractivity contribution in [2.24, 2.45) is 0 Å². The fraction of sp³-hybridized carbons (Fsp3) is 0.455. The Hall–Kier alpha value is -3.37. The van der Waals surface area contributed by atoms with E-state index in [9.17, 15) is 22.8 Å². The largest absolute Gasteiger partial charge is 0.408 e. The van der Waals surface area contributed by atoms with Crippen molar-refractivity contribution in [1.82, 2.24) is 28.8 Å². The van der Waals surface area contributed by atoms with Gasteiger partial charge in [-0.1, -0.05) is 13.8 Å². The van der Waals surface area contributed by atoms with Crippen LogP contribution in [0.3, 0.4) is 0 Å². The molecule has 0 saturated heterocycles. The molecule has 1 aliphatic heterocycles. The second-order valence-corrected chi connectivity index (χ2v) is 8.71. The van der Waals surface area contributed by atoms with Crippen LogP contribution in [0.4, 0.5) is 13.2 Å². The molecule has 0 saturated carbocycles. The van der Waals surface area contributed by atoms with E-state index in [2.05, 4.69) is 10.1 Å². The van der Waals surface area contributed by atoms with Gasteiger partial charge in [0.2, 0.25) is 0 Å². The summed E-state index contributed by atoms with van der Waals surface area (Å²) < 4.78 is 42.9. The highest BCUT2D eigenvalue weighted by Crippen LogP contribution is 2.25. The molecule has 3 aromatic rings. The fourth-order valence-corrected chi connectivity index (χ4v) is 4.12. The van der Waals surface area contributed by atoms with E-state index < -0.39 is 12.7 Å². The lowest BCUT2D eigenvalue weighted by molar-refractivity contribution is -0.143. The number of halogens is 3. The van der Waals surface area contributed by atoms with Gasteiger partial charge in [0.1, 0.15) is 17.9 Å². The summed E-state index contributed by atoms with van der Waals surface area (Å²) in [6.07, 6.45) is -1.12. The third-order valence-electron chi connectivity index (χ3n) is 5.72. The summed E-state index contributed by atoms with van der Waals surface area (Å²) in [5.41, 5.74) is 1.92. The number of hydrogen-bond acceptors (Lipinski definition) is 4. The molecule has 0 bridgehead atoms. The summed E-state index contributed by atoms with van der Waals surface area (Å²) in [4.78, 5) is 32.0. The van der Waals surface area contributed by atoms with Crippen LogP contribution < -0.4 is 5.56 Å². The molecule has 1 aliphatic rings. The minimum absolute atomic E-state index is 0.0568. The third kappa shape index (κ3) is 4.44. The zero-order chi connectivity index (χ0) is 24.1. The number of nitrogens with zero attached hydrogens (tertiary/aromatic N) is 6. The monoisotopic (exact) mass is 462 g/mol. The number of imidazole rings is 1. The van der Waals surface area contributed by atoms with Crippen molar-refractivity contribution in [1.29, 1.82) is 0 Å². The van der Waals surface area contributed by atoms with Gasteiger partial charge in [0.25, 0.3) is 11.5 Å². The molecule has 0 radical (unpaired) electrons. The quantitative estimate of drug-likeness (QED) is 0.583. The average Bonchev–Trinajstić information content (AvgIpc) is 3.31. The maximum Gasteiger partial charge on any atom is 0.408 e. The Morgan fingerprint density at radius 3 is 2.55 bits per heavy atom. The van der Waals surface area contributed by atoms with Crippen LogP contribution in [0.1, 0.15) is 54.3 Å². The Morgan fingerprint density at radius 2 is 1.94 bits per heavy atom. The van der Waals surface area contributed by atoms with Crippen LogP contribution in [0.2, 0.25) is 0 Å². The van der Waals surface area contributed by atoms with Crippen LogP contribution >= 0.6 is 0 Å². The zero-order valence-corrected chi connectivity index (χ0v) is 18.8. The van der Waals surface area contributed by atoms with Crippen LogP contribution in [0.5, 0.6) is 0 Å². The molecule has 0 aromatic carbocycles. The molecular formula is C22H25F3N6O2. The Balaban J connectivity index is 1.64. The van der Waals surface area contributed by atoms with Gasteiger partial charge in [-0.15, -0.1) is 0 Å². The Morgan fingerprint density at radius 1 is 1.21 bits per heavy atom. The predicted molar refractivity (Wildman–Crippen MR) is 114 cm³/mol. The molecule has 0 fully saturated rings. The molecule has 0 unspecified atom stereocenters. The predicted octanol–water partition coefficient (Wildman–Crippen LogP) is 3.27. The SMILES string of the molecule is Cc1cn(-c2ccc3n(c2=O)C[C@@H](C)N(Cc2cc(C(C)C)n(CC(F)(F)F)n2)C3=O)cn1. The molecule has 0 N–H and O–H groups in total. The number of amides is 1. The van der Waals surface area contributed by atoms with E-state index in [1.54, 1.807) is 61.0 Å². The summed E-state index contributed by atoms with van der Waals surface area (Å²) in [5, 5.41) is 4.13. The summed E-state index contributed by atoms with van der Waals surface area (Å²) in [7, 11) is 0. The molecule has 176 valence electrons. The van der Waals surface area contributed by atoms with Gasteiger partial charge < -0.3 is 14.0 Å². The second kappa shape index (κ2) is 8.20. The number of aryl methyl sites for hydroxylation is 1. The van der Waals surface area contributed by atoms with Crippen molar-refractivity contribution in [2.75, 3.05) is 0 Å². The molecule has 33 heavy (non-hydrogen) atoms. The second-order valence-electron chi connectivity index (χ2n) is 8.71. The van der Waals surface area contributed by atoms with Gasteiger partial charge in [-0.2, -0.15) is 18.3 Å². The summed E-state index contributed by atoms with van der Waals surface area (Å²) in [5.74, 6) is -0.525. The fourth-order valence-electron chi connectivity index (χ4n) is 4.12. The molecule has 1 amide bonds. The van der Waals surface area contributed by atoms with Gasteiger partial charge in [0, 0.05) is 24.5 Å². The smallest absolute Gasteiger partial charge is 0.327 e. The molecule has 0 spiro atoms. The molecule has 8 nitrogen and oxygen atoms in total. The molecule has 11 heteroatoms. The average molecular weight is 462 g/mol. The molecule has 1 atom stereocenters. The van der Waals surface area contributed by atoms with E-state index in [1.165, 1.54) is 4.57 Å². The number of fused-ring (bicyclic) bond motifs is 1. The maximum atomic E-state index is 13.2. The molecule has 3 aromatic heterocycles. The number of rotatable bonds is 5. The Kier molecular flexibility index (Phi) is 5.67. The molecule has 0 aliphatic carbocycles. The first-order chi connectivity index (χ1) is 15.4. The number of carbonyl (C=O) groups is 1. The lowest BCUT2D eigenvalue weighted by atomic mass is 10.1. The molecule has 4 heterocycles. The normalized spacial score (nSPS) is 16.5. The van der Waals surface area contributed by atoms with E-state index in [0.717, 1.165) is 10.4 Å². The van der Waals surface area contributed by atoms with Crippen LogP contribution in [-0.4, -0.2) is 46.9 Å². The van der Waals surface area contributed by atoms with Gasteiger partial charge in [-0.25, -0.2) is 4.98 Å². The van der Waals surface area contributed by atoms with Gasteiger partial charge in [0.05, 0.1) is 24.3 Å². The van der Waals surface area contributed by atoms with Crippen LogP contribution in [0.25, 0.3) is 5.69 Å². The van der Waals surface area contributed by atoms with Gasteiger partial charge >= 0.3 is 6.18 Å². The first-order valence-corrected chi connectivity index (χ1v) is 10.6. The van der Waals surface area contributed by atoms with Crippen molar-refractivity contribution in [2.45, 2.75) is 65.5 Å². The number of pyridine rings is 1. The lowest BCUT2D eigenvalue weighted by Crippen LogP contribution is -2.49. The number of hydrogen-bond donors (Lipinski definition) is 0. The summed E-state index contributed by atoms with van der Waals surface area (Å²) in [6, 6.07) is 4.44. The van der Waals surface area contributed by atoms with E-state index in [-0.39, 0.29) is 42.2 Å².